The van der Waals surface area contributed by atoms with Gasteiger partial charge in [0, 0.05) is 12.8 Å². The number of esters is 1. The SMILES string of the molecule is CCC/C=C\C/C=C\CCCCCCCC(=O)OCCCCCCCCCCCCCC/C=C\CCCCCCCCCCC(=O)NC(CO)C(O)CCCCCCCCCCCCCCC. The number of carbonyl (C=O) groups is 2. The van der Waals surface area contributed by atoms with Gasteiger partial charge in [-0.15, -0.1) is 0 Å². The summed E-state index contributed by atoms with van der Waals surface area (Å²) in [7, 11) is 0. The summed E-state index contributed by atoms with van der Waals surface area (Å²) < 4.78 is 5.46. The highest BCUT2D eigenvalue weighted by molar-refractivity contribution is 5.76. The van der Waals surface area contributed by atoms with Crippen LogP contribution in [-0.2, 0) is 14.3 Å². The van der Waals surface area contributed by atoms with Gasteiger partial charge in [-0.3, -0.25) is 9.59 Å². The van der Waals surface area contributed by atoms with E-state index in [2.05, 4.69) is 55.6 Å². The van der Waals surface area contributed by atoms with Gasteiger partial charge in [-0.05, 0) is 77.0 Å². The predicted molar refractivity (Wildman–Crippen MR) is 292 cm³/mol. The fourth-order valence-electron chi connectivity index (χ4n) is 9.08. The van der Waals surface area contributed by atoms with E-state index >= 15 is 0 Å². The molecule has 0 spiro atoms. The second-order valence-corrected chi connectivity index (χ2v) is 20.3. The van der Waals surface area contributed by atoms with Crippen molar-refractivity contribution in [1.82, 2.24) is 5.32 Å². The molecular weight excluding hydrogens is 827 g/mol. The Morgan fingerprint density at radius 1 is 0.418 bits per heavy atom. The second kappa shape index (κ2) is 56.7. The Morgan fingerprint density at radius 3 is 1.21 bits per heavy atom. The van der Waals surface area contributed by atoms with Crippen LogP contribution in [0.15, 0.2) is 36.5 Å². The van der Waals surface area contributed by atoms with E-state index in [0.29, 0.717) is 25.9 Å². The number of carbonyl (C=O) groups excluding carboxylic acids is 2. The molecule has 6 heteroatoms. The lowest BCUT2D eigenvalue weighted by atomic mass is 10.0. The van der Waals surface area contributed by atoms with Crippen LogP contribution in [0.5, 0.6) is 0 Å². The lowest BCUT2D eigenvalue weighted by molar-refractivity contribution is -0.143. The van der Waals surface area contributed by atoms with Gasteiger partial charge >= 0.3 is 5.97 Å². The zero-order chi connectivity index (χ0) is 48.6. The zero-order valence-electron chi connectivity index (χ0n) is 44.9. The molecule has 0 fully saturated rings. The van der Waals surface area contributed by atoms with Gasteiger partial charge in [-0.25, -0.2) is 0 Å². The normalized spacial score (nSPS) is 12.8. The van der Waals surface area contributed by atoms with E-state index in [1.807, 2.05) is 0 Å². The van der Waals surface area contributed by atoms with Crippen molar-refractivity contribution < 1.29 is 24.5 Å². The Balaban J connectivity index is 3.40. The molecule has 394 valence electrons. The highest BCUT2D eigenvalue weighted by Gasteiger charge is 2.20. The van der Waals surface area contributed by atoms with Gasteiger partial charge < -0.3 is 20.3 Å². The molecule has 0 aromatic carbocycles. The lowest BCUT2D eigenvalue weighted by Gasteiger charge is -2.22. The van der Waals surface area contributed by atoms with Gasteiger partial charge in [0.25, 0.3) is 0 Å². The maximum atomic E-state index is 12.5. The van der Waals surface area contributed by atoms with Gasteiger partial charge in [0.2, 0.25) is 5.91 Å². The van der Waals surface area contributed by atoms with Crippen LogP contribution in [0.3, 0.4) is 0 Å². The Morgan fingerprint density at radius 2 is 0.776 bits per heavy atom. The highest BCUT2D eigenvalue weighted by atomic mass is 16.5. The Bertz CT molecular complexity index is 1090. The summed E-state index contributed by atoms with van der Waals surface area (Å²) in [4.78, 5) is 24.5. The van der Waals surface area contributed by atoms with Crippen LogP contribution in [0.1, 0.15) is 316 Å². The summed E-state index contributed by atoms with van der Waals surface area (Å²) in [5, 5.41) is 23.2. The highest BCUT2D eigenvalue weighted by Crippen LogP contribution is 2.17. The van der Waals surface area contributed by atoms with E-state index < -0.39 is 12.1 Å². The number of amides is 1. The summed E-state index contributed by atoms with van der Waals surface area (Å²) >= 11 is 0. The smallest absolute Gasteiger partial charge is 0.305 e. The van der Waals surface area contributed by atoms with E-state index in [1.54, 1.807) is 0 Å². The van der Waals surface area contributed by atoms with E-state index in [4.69, 9.17) is 4.74 Å². The summed E-state index contributed by atoms with van der Waals surface area (Å²) in [5.41, 5.74) is 0. The number of allylic oxidation sites excluding steroid dienone is 6. The maximum Gasteiger partial charge on any atom is 0.305 e. The average molecular weight is 943 g/mol. The van der Waals surface area contributed by atoms with Gasteiger partial charge in [-0.1, -0.05) is 262 Å². The summed E-state index contributed by atoms with van der Waals surface area (Å²) in [6.07, 6.45) is 70.0. The largest absolute Gasteiger partial charge is 0.466 e. The topological polar surface area (TPSA) is 95.9 Å². The fraction of sp³-hybridized carbons (Fsp3) is 0.869. The number of hydrogen-bond acceptors (Lipinski definition) is 5. The minimum Gasteiger partial charge on any atom is -0.466 e. The number of hydrogen-bond donors (Lipinski definition) is 3. The monoisotopic (exact) mass is 942 g/mol. The molecule has 0 aliphatic rings. The van der Waals surface area contributed by atoms with Crippen LogP contribution in [0, 0.1) is 0 Å². The molecule has 0 saturated heterocycles. The van der Waals surface area contributed by atoms with Crippen LogP contribution < -0.4 is 5.32 Å². The average Bonchev–Trinajstić information content (AvgIpc) is 3.33. The summed E-state index contributed by atoms with van der Waals surface area (Å²) in [6.45, 7) is 4.88. The predicted octanol–water partition coefficient (Wildman–Crippen LogP) is 18.4. The first-order valence-corrected chi connectivity index (χ1v) is 29.7. The first-order chi connectivity index (χ1) is 33.0. The standard InChI is InChI=1S/C61H115NO5/c1-3-5-7-9-11-13-15-29-33-37-41-45-49-53-59(64)58(57-63)62-60(65)54-50-46-42-38-34-31-27-25-23-21-19-17-18-20-22-24-26-28-32-36-40-44-48-52-56-67-61(66)55-51-47-43-39-35-30-16-14-12-10-8-6-4-2/h8,10,14,16,19,21,58-59,63-64H,3-7,9,11-13,15,17-18,20,22-57H2,1-2H3,(H,62,65)/b10-8-,16-14-,21-19-. The molecule has 0 aromatic heterocycles. The van der Waals surface area contributed by atoms with Gasteiger partial charge in [0.15, 0.2) is 0 Å². The third-order valence-corrected chi connectivity index (χ3v) is 13.6. The van der Waals surface area contributed by atoms with Gasteiger partial charge in [0.05, 0.1) is 25.4 Å². The molecule has 0 bridgehead atoms. The van der Waals surface area contributed by atoms with E-state index in [9.17, 15) is 19.8 Å². The van der Waals surface area contributed by atoms with Crippen LogP contribution in [-0.4, -0.2) is 47.4 Å². The Labute approximate surface area is 417 Å². The van der Waals surface area contributed by atoms with E-state index in [-0.39, 0.29) is 18.5 Å². The third kappa shape index (κ3) is 53.3. The molecule has 67 heavy (non-hydrogen) atoms. The van der Waals surface area contributed by atoms with Gasteiger partial charge in [-0.2, -0.15) is 0 Å². The van der Waals surface area contributed by atoms with Gasteiger partial charge in [0.1, 0.15) is 0 Å². The number of nitrogens with one attached hydrogen (secondary N) is 1. The molecule has 0 aliphatic heterocycles. The van der Waals surface area contributed by atoms with Crippen LogP contribution in [0.4, 0.5) is 0 Å². The van der Waals surface area contributed by atoms with Crippen molar-refractivity contribution in [1.29, 1.82) is 0 Å². The molecule has 3 N–H and O–H groups in total. The molecule has 2 atom stereocenters. The van der Waals surface area contributed by atoms with E-state index in [0.717, 1.165) is 51.4 Å². The molecule has 0 radical (unpaired) electrons. The summed E-state index contributed by atoms with van der Waals surface area (Å²) in [6, 6.07) is -0.544. The van der Waals surface area contributed by atoms with Crippen LogP contribution >= 0.6 is 0 Å². The number of rotatable bonds is 55. The molecule has 0 saturated carbocycles. The molecule has 0 aliphatic carbocycles. The first-order valence-electron chi connectivity index (χ1n) is 29.7. The minimum atomic E-state index is -0.666. The third-order valence-electron chi connectivity index (χ3n) is 13.6. The first kappa shape index (κ1) is 65.1. The minimum absolute atomic E-state index is 0.00305. The Hall–Kier alpha value is -1.92. The summed E-state index contributed by atoms with van der Waals surface area (Å²) in [5.74, 6) is -0.0424. The molecule has 0 heterocycles. The zero-order valence-corrected chi connectivity index (χ0v) is 44.9. The van der Waals surface area contributed by atoms with Crippen molar-refractivity contribution in [2.24, 2.45) is 0 Å². The van der Waals surface area contributed by atoms with Crippen LogP contribution in [0.25, 0.3) is 0 Å². The number of ether oxygens (including phenoxy) is 1. The number of aliphatic hydroxyl groups excluding tert-OH is 2. The fourth-order valence-corrected chi connectivity index (χ4v) is 9.08. The molecule has 2 unspecified atom stereocenters. The molecule has 6 nitrogen and oxygen atoms in total. The number of unbranched alkanes of at least 4 members (excludes halogenated alkanes) is 38. The molecule has 1 amide bonds. The van der Waals surface area contributed by atoms with Crippen molar-refractivity contribution >= 4 is 11.9 Å². The lowest BCUT2D eigenvalue weighted by Crippen LogP contribution is -2.45. The molecular formula is C61H115NO5. The van der Waals surface area contributed by atoms with Crippen molar-refractivity contribution in [3.05, 3.63) is 36.5 Å². The number of aliphatic hydroxyl groups is 2. The van der Waals surface area contributed by atoms with Crippen molar-refractivity contribution in [3.8, 4) is 0 Å². The van der Waals surface area contributed by atoms with Crippen LogP contribution in [0.2, 0.25) is 0 Å². The second-order valence-electron chi connectivity index (χ2n) is 20.3. The van der Waals surface area contributed by atoms with Crippen molar-refractivity contribution in [3.63, 3.8) is 0 Å². The maximum absolute atomic E-state index is 12.5. The quantitative estimate of drug-likeness (QED) is 0.0321. The molecule has 0 rings (SSSR count). The Kier molecular flexibility index (Phi) is 55.0. The van der Waals surface area contributed by atoms with Crippen molar-refractivity contribution in [2.75, 3.05) is 13.2 Å². The van der Waals surface area contributed by atoms with E-state index in [1.165, 1.54) is 231 Å². The van der Waals surface area contributed by atoms with Crippen molar-refractivity contribution in [2.45, 2.75) is 328 Å². The molecule has 0 aromatic rings.